The molecule has 3 rings (SSSR count). The Kier molecular flexibility index (Phi) is 6.04. The van der Waals surface area contributed by atoms with Crippen LogP contribution in [0.15, 0.2) is 30.6 Å². The predicted octanol–water partition coefficient (Wildman–Crippen LogP) is 2.84. The molecule has 6 nitrogen and oxygen atoms in total. The number of nitrogens with zero attached hydrogens (tertiary/aromatic N) is 2. The third-order valence-corrected chi connectivity index (χ3v) is 4.19. The molecule has 6 heteroatoms. The maximum Gasteiger partial charge on any atom is 0.258 e. The fraction of sp³-hybridized carbons (Fsp3) is 0.450. The summed E-state index contributed by atoms with van der Waals surface area (Å²) in [6.45, 7) is 4.31. The van der Waals surface area contributed by atoms with E-state index < -0.39 is 0 Å². The number of fused-ring (bicyclic) bond motifs is 1. The SMILES string of the molecule is CC(C)Oc1ccc(CNC(=O)COc2ccnc3c2CCCC3)cn1. The first-order chi connectivity index (χ1) is 12.6. The van der Waals surface area contributed by atoms with Crippen LogP contribution in [0.4, 0.5) is 0 Å². The summed E-state index contributed by atoms with van der Waals surface area (Å²) in [4.78, 5) is 20.7. The number of hydrogen-bond acceptors (Lipinski definition) is 5. The van der Waals surface area contributed by atoms with Gasteiger partial charge in [0, 0.05) is 36.3 Å². The van der Waals surface area contributed by atoms with Gasteiger partial charge in [-0.25, -0.2) is 4.98 Å². The second-order valence-electron chi connectivity index (χ2n) is 6.68. The molecule has 1 N–H and O–H groups in total. The lowest BCUT2D eigenvalue weighted by atomic mass is 9.95. The highest BCUT2D eigenvalue weighted by Gasteiger charge is 2.15. The maximum atomic E-state index is 12.1. The van der Waals surface area contributed by atoms with E-state index in [0.717, 1.165) is 41.8 Å². The lowest BCUT2D eigenvalue weighted by molar-refractivity contribution is -0.123. The number of hydrogen-bond donors (Lipinski definition) is 1. The van der Waals surface area contributed by atoms with Gasteiger partial charge in [0.15, 0.2) is 6.61 Å². The van der Waals surface area contributed by atoms with Crippen molar-refractivity contribution in [1.82, 2.24) is 15.3 Å². The molecule has 1 aliphatic carbocycles. The van der Waals surface area contributed by atoms with Gasteiger partial charge in [0.1, 0.15) is 5.75 Å². The quantitative estimate of drug-likeness (QED) is 0.827. The molecule has 1 amide bonds. The van der Waals surface area contributed by atoms with Gasteiger partial charge in [-0.15, -0.1) is 0 Å². The monoisotopic (exact) mass is 355 g/mol. The molecule has 0 aliphatic heterocycles. The molecular formula is C20H25N3O3. The van der Waals surface area contributed by atoms with Crippen LogP contribution in [0.2, 0.25) is 0 Å². The third-order valence-electron chi connectivity index (χ3n) is 4.19. The van der Waals surface area contributed by atoms with Crippen LogP contribution in [-0.2, 0) is 24.2 Å². The molecule has 0 bridgehead atoms. The second-order valence-corrected chi connectivity index (χ2v) is 6.68. The predicted molar refractivity (Wildman–Crippen MR) is 98.2 cm³/mol. The Balaban J connectivity index is 1.47. The van der Waals surface area contributed by atoms with Gasteiger partial charge >= 0.3 is 0 Å². The van der Waals surface area contributed by atoms with E-state index in [0.29, 0.717) is 12.4 Å². The molecule has 0 saturated heterocycles. The first-order valence-corrected chi connectivity index (χ1v) is 9.09. The number of rotatable bonds is 7. The lowest BCUT2D eigenvalue weighted by Crippen LogP contribution is -2.28. The summed E-state index contributed by atoms with van der Waals surface area (Å²) in [5.41, 5.74) is 3.16. The third kappa shape index (κ3) is 4.94. The molecule has 2 aromatic rings. The molecule has 26 heavy (non-hydrogen) atoms. The first kappa shape index (κ1) is 18.2. The molecule has 2 heterocycles. The van der Waals surface area contributed by atoms with E-state index in [1.807, 2.05) is 26.0 Å². The van der Waals surface area contributed by atoms with Gasteiger partial charge in [0.25, 0.3) is 5.91 Å². The minimum atomic E-state index is -0.158. The topological polar surface area (TPSA) is 73.3 Å². The molecule has 0 fully saturated rings. The largest absolute Gasteiger partial charge is 0.483 e. The molecule has 0 atom stereocenters. The molecule has 0 saturated carbocycles. The van der Waals surface area contributed by atoms with Gasteiger partial charge in [-0.2, -0.15) is 0 Å². The van der Waals surface area contributed by atoms with Crippen molar-refractivity contribution in [2.24, 2.45) is 0 Å². The van der Waals surface area contributed by atoms with Gasteiger partial charge in [0.2, 0.25) is 5.88 Å². The molecular weight excluding hydrogens is 330 g/mol. The highest BCUT2D eigenvalue weighted by molar-refractivity contribution is 5.77. The van der Waals surface area contributed by atoms with E-state index in [-0.39, 0.29) is 18.6 Å². The lowest BCUT2D eigenvalue weighted by Gasteiger charge is -2.18. The van der Waals surface area contributed by atoms with Crippen molar-refractivity contribution < 1.29 is 14.3 Å². The molecule has 0 aromatic carbocycles. The Morgan fingerprint density at radius 2 is 2.04 bits per heavy atom. The number of aryl methyl sites for hydroxylation is 1. The Morgan fingerprint density at radius 1 is 1.19 bits per heavy atom. The molecule has 1 aliphatic rings. The van der Waals surface area contributed by atoms with E-state index in [4.69, 9.17) is 9.47 Å². The maximum absolute atomic E-state index is 12.1. The Morgan fingerprint density at radius 3 is 2.81 bits per heavy atom. The first-order valence-electron chi connectivity index (χ1n) is 9.09. The zero-order chi connectivity index (χ0) is 18.4. The van der Waals surface area contributed by atoms with Crippen molar-refractivity contribution >= 4 is 5.91 Å². The van der Waals surface area contributed by atoms with Crippen molar-refractivity contribution in [2.45, 2.75) is 52.2 Å². The Labute approximate surface area is 154 Å². The number of ether oxygens (including phenoxy) is 2. The van der Waals surface area contributed by atoms with E-state index in [9.17, 15) is 4.79 Å². The number of nitrogens with one attached hydrogen (secondary N) is 1. The summed E-state index contributed by atoms with van der Waals surface area (Å²) in [7, 11) is 0. The zero-order valence-corrected chi connectivity index (χ0v) is 15.3. The fourth-order valence-corrected chi connectivity index (χ4v) is 2.95. The summed E-state index contributed by atoms with van der Waals surface area (Å²) >= 11 is 0. The highest BCUT2D eigenvalue weighted by atomic mass is 16.5. The second kappa shape index (κ2) is 8.65. The Hall–Kier alpha value is -2.63. The number of carbonyl (C=O) groups excluding carboxylic acids is 1. The zero-order valence-electron chi connectivity index (χ0n) is 15.3. The molecule has 0 unspecified atom stereocenters. The van der Waals surface area contributed by atoms with Crippen LogP contribution in [0.5, 0.6) is 11.6 Å². The molecule has 2 aromatic heterocycles. The number of pyridine rings is 2. The number of amides is 1. The summed E-state index contributed by atoms with van der Waals surface area (Å²) in [6, 6.07) is 5.54. The average molecular weight is 355 g/mol. The van der Waals surface area contributed by atoms with Gasteiger partial charge < -0.3 is 14.8 Å². The number of aromatic nitrogens is 2. The van der Waals surface area contributed by atoms with Crippen LogP contribution in [0, 0.1) is 0 Å². The van der Waals surface area contributed by atoms with Gasteiger partial charge in [-0.05, 0) is 51.2 Å². The van der Waals surface area contributed by atoms with Gasteiger partial charge in [0.05, 0.1) is 6.10 Å². The van der Waals surface area contributed by atoms with Crippen molar-refractivity contribution in [3.63, 3.8) is 0 Å². The van der Waals surface area contributed by atoms with Crippen molar-refractivity contribution in [3.05, 3.63) is 47.4 Å². The molecule has 138 valence electrons. The van der Waals surface area contributed by atoms with Crippen LogP contribution < -0.4 is 14.8 Å². The van der Waals surface area contributed by atoms with Crippen molar-refractivity contribution in [2.75, 3.05) is 6.61 Å². The van der Waals surface area contributed by atoms with Crippen LogP contribution in [0.1, 0.15) is 43.5 Å². The summed E-state index contributed by atoms with van der Waals surface area (Å²) in [5, 5.41) is 2.85. The van der Waals surface area contributed by atoms with Crippen LogP contribution >= 0.6 is 0 Å². The van der Waals surface area contributed by atoms with E-state index in [2.05, 4.69) is 15.3 Å². The van der Waals surface area contributed by atoms with Crippen LogP contribution in [0.3, 0.4) is 0 Å². The number of carbonyl (C=O) groups is 1. The highest BCUT2D eigenvalue weighted by Crippen LogP contribution is 2.27. The fourth-order valence-electron chi connectivity index (χ4n) is 2.95. The minimum absolute atomic E-state index is 0.00156. The van der Waals surface area contributed by atoms with Gasteiger partial charge in [-0.3, -0.25) is 9.78 Å². The Bertz CT molecular complexity index is 744. The smallest absolute Gasteiger partial charge is 0.258 e. The van der Waals surface area contributed by atoms with E-state index in [1.54, 1.807) is 18.5 Å². The molecule has 0 spiro atoms. The summed E-state index contributed by atoms with van der Waals surface area (Å²) in [5.74, 6) is 1.21. The van der Waals surface area contributed by atoms with Crippen LogP contribution in [0.25, 0.3) is 0 Å². The van der Waals surface area contributed by atoms with Crippen LogP contribution in [-0.4, -0.2) is 28.6 Å². The standard InChI is InChI=1S/C20H25N3O3/c1-14(2)26-20-8-7-15(12-23-20)11-22-19(24)13-25-18-9-10-21-17-6-4-3-5-16(17)18/h7-10,12,14H,3-6,11,13H2,1-2H3,(H,22,24). The average Bonchev–Trinajstić information content (AvgIpc) is 2.65. The summed E-state index contributed by atoms with van der Waals surface area (Å²) in [6.07, 6.45) is 7.81. The normalized spacial score (nSPS) is 13.2. The van der Waals surface area contributed by atoms with Gasteiger partial charge in [-0.1, -0.05) is 6.07 Å². The van der Waals surface area contributed by atoms with Crippen molar-refractivity contribution in [3.8, 4) is 11.6 Å². The molecule has 0 radical (unpaired) electrons. The van der Waals surface area contributed by atoms with E-state index >= 15 is 0 Å². The van der Waals surface area contributed by atoms with E-state index in [1.165, 1.54) is 6.42 Å². The minimum Gasteiger partial charge on any atom is -0.483 e. The van der Waals surface area contributed by atoms with Crippen molar-refractivity contribution in [1.29, 1.82) is 0 Å². The summed E-state index contributed by atoms with van der Waals surface area (Å²) < 4.78 is 11.2.